The van der Waals surface area contributed by atoms with Crippen LogP contribution in [0.15, 0.2) is 36.4 Å². The average Bonchev–Trinajstić information content (AvgIpc) is 3.25. The van der Waals surface area contributed by atoms with E-state index in [0.29, 0.717) is 60.4 Å². The maximum Gasteiger partial charge on any atom is 0.273 e. The summed E-state index contributed by atoms with van der Waals surface area (Å²) in [5.41, 5.74) is 1.28. The number of aromatic nitrogens is 1. The van der Waals surface area contributed by atoms with Gasteiger partial charge in [0.2, 0.25) is 0 Å². The zero-order valence-electron chi connectivity index (χ0n) is 18.7. The number of nitro groups is 1. The third-order valence-electron chi connectivity index (χ3n) is 5.62. The number of ether oxygens (including phenoxy) is 2. The average molecular weight is 471 g/mol. The van der Waals surface area contributed by atoms with Crippen LogP contribution in [-0.4, -0.2) is 66.7 Å². The van der Waals surface area contributed by atoms with Crippen LogP contribution in [0.5, 0.6) is 5.75 Å². The number of hydrogen-bond acceptors (Lipinski definition) is 8. The zero-order valence-corrected chi connectivity index (χ0v) is 19.5. The molecule has 10 heteroatoms. The summed E-state index contributed by atoms with van der Waals surface area (Å²) in [7, 11) is 0. The van der Waals surface area contributed by atoms with Crippen molar-refractivity contribution in [3.8, 4) is 5.75 Å². The summed E-state index contributed by atoms with van der Waals surface area (Å²) < 4.78 is 12.1. The molecule has 0 aliphatic carbocycles. The second-order valence-corrected chi connectivity index (χ2v) is 8.66. The number of morpholine rings is 1. The number of carbonyl (C=O) groups excluding carboxylic acids is 1. The van der Waals surface area contributed by atoms with E-state index >= 15 is 0 Å². The molecule has 0 N–H and O–H groups in total. The fourth-order valence-corrected chi connectivity index (χ4v) is 4.86. The molecule has 0 saturated carbocycles. The van der Waals surface area contributed by atoms with E-state index in [1.165, 1.54) is 17.4 Å². The van der Waals surface area contributed by atoms with Gasteiger partial charge >= 0.3 is 0 Å². The van der Waals surface area contributed by atoms with E-state index in [2.05, 4.69) is 4.90 Å². The summed E-state index contributed by atoms with van der Waals surface area (Å²) in [6.45, 7) is 8.01. The van der Waals surface area contributed by atoms with E-state index in [9.17, 15) is 14.9 Å². The first-order valence-electron chi connectivity index (χ1n) is 10.9. The zero-order chi connectivity index (χ0) is 23.4. The van der Waals surface area contributed by atoms with Gasteiger partial charge in [-0.05, 0) is 32.0 Å². The normalized spacial score (nSPS) is 14.4. The summed E-state index contributed by atoms with van der Waals surface area (Å²) >= 11 is 1.41. The Hall–Kier alpha value is -3.08. The fourth-order valence-electron chi connectivity index (χ4n) is 3.85. The lowest BCUT2D eigenvalue weighted by molar-refractivity contribution is -0.385. The number of amides is 1. The van der Waals surface area contributed by atoms with E-state index in [-0.39, 0.29) is 11.6 Å². The summed E-state index contributed by atoms with van der Waals surface area (Å²) in [5.74, 6) is 0.367. The Morgan fingerprint density at radius 1 is 1.27 bits per heavy atom. The van der Waals surface area contributed by atoms with Gasteiger partial charge in [-0.3, -0.25) is 24.7 Å². The molecule has 33 heavy (non-hydrogen) atoms. The van der Waals surface area contributed by atoms with Gasteiger partial charge in [-0.15, -0.1) is 0 Å². The van der Waals surface area contributed by atoms with Gasteiger partial charge < -0.3 is 9.47 Å². The lowest BCUT2D eigenvalue weighted by atomic mass is 10.1. The fraction of sp³-hybridized carbons (Fsp3) is 0.391. The molecule has 1 amide bonds. The number of para-hydroxylation sites is 1. The van der Waals surface area contributed by atoms with Crippen LogP contribution in [0.2, 0.25) is 0 Å². The first kappa shape index (κ1) is 23.1. The monoisotopic (exact) mass is 470 g/mol. The number of nitro benzene ring substituents is 1. The Balaban J connectivity index is 1.71. The van der Waals surface area contributed by atoms with Crippen LogP contribution in [0.1, 0.15) is 22.8 Å². The molecule has 1 aromatic heterocycles. The quantitative estimate of drug-likeness (QED) is 0.364. The maximum absolute atomic E-state index is 13.7. The number of carbonyl (C=O) groups is 1. The number of nitrogens with zero attached hydrogens (tertiary/aromatic N) is 4. The smallest absolute Gasteiger partial charge is 0.273 e. The van der Waals surface area contributed by atoms with Crippen molar-refractivity contribution in [1.82, 2.24) is 9.88 Å². The highest BCUT2D eigenvalue weighted by Crippen LogP contribution is 2.35. The molecule has 1 aliphatic heterocycles. The van der Waals surface area contributed by atoms with Crippen LogP contribution in [-0.2, 0) is 4.74 Å². The number of hydrogen-bond donors (Lipinski definition) is 0. The number of fused-ring (bicyclic) bond motifs is 1. The molecule has 174 valence electrons. The van der Waals surface area contributed by atoms with E-state index in [0.717, 1.165) is 17.8 Å². The topological polar surface area (TPSA) is 98.0 Å². The number of anilines is 1. The van der Waals surface area contributed by atoms with Gasteiger partial charge in [-0.1, -0.05) is 23.5 Å². The Kier molecular flexibility index (Phi) is 7.17. The molecule has 1 saturated heterocycles. The Bertz CT molecular complexity index is 1160. The molecular formula is C23H26N4O5S. The van der Waals surface area contributed by atoms with Crippen molar-refractivity contribution in [2.45, 2.75) is 13.8 Å². The highest BCUT2D eigenvalue weighted by Gasteiger charge is 2.27. The van der Waals surface area contributed by atoms with Crippen LogP contribution >= 0.6 is 11.3 Å². The van der Waals surface area contributed by atoms with Crippen LogP contribution < -0.4 is 9.64 Å². The minimum Gasteiger partial charge on any atom is -0.492 e. The summed E-state index contributed by atoms with van der Waals surface area (Å²) in [6.07, 6.45) is 0. The first-order chi connectivity index (χ1) is 16.0. The van der Waals surface area contributed by atoms with Crippen LogP contribution in [0.4, 0.5) is 10.8 Å². The lowest BCUT2D eigenvalue weighted by Gasteiger charge is -2.29. The Labute approximate surface area is 195 Å². The largest absolute Gasteiger partial charge is 0.492 e. The van der Waals surface area contributed by atoms with Gasteiger partial charge in [0.05, 0.1) is 29.4 Å². The number of thiazole rings is 1. The van der Waals surface area contributed by atoms with Gasteiger partial charge in [0, 0.05) is 43.4 Å². The maximum atomic E-state index is 13.7. The molecule has 0 spiro atoms. The van der Waals surface area contributed by atoms with Crippen LogP contribution in [0.25, 0.3) is 10.2 Å². The van der Waals surface area contributed by atoms with Crippen molar-refractivity contribution in [1.29, 1.82) is 0 Å². The third kappa shape index (κ3) is 4.97. The minimum atomic E-state index is -0.462. The molecule has 4 rings (SSSR count). The molecule has 9 nitrogen and oxygen atoms in total. The van der Waals surface area contributed by atoms with E-state index in [4.69, 9.17) is 14.5 Å². The molecule has 2 aromatic carbocycles. The Morgan fingerprint density at radius 3 is 2.76 bits per heavy atom. The van der Waals surface area contributed by atoms with E-state index in [1.807, 2.05) is 25.1 Å². The second kappa shape index (κ2) is 10.2. The number of rotatable bonds is 8. The summed E-state index contributed by atoms with van der Waals surface area (Å²) in [5, 5.41) is 12.0. The summed E-state index contributed by atoms with van der Waals surface area (Å²) in [4.78, 5) is 33.3. The predicted molar refractivity (Wildman–Crippen MR) is 128 cm³/mol. The van der Waals surface area contributed by atoms with Crippen LogP contribution in [0, 0.1) is 17.0 Å². The van der Waals surface area contributed by atoms with Gasteiger partial charge in [-0.25, -0.2) is 4.98 Å². The molecule has 2 heterocycles. The van der Waals surface area contributed by atoms with Crippen LogP contribution in [0.3, 0.4) is 0 Å². The lowest BCUT2D eigenvalue weighted by Crippen LogP contribution is -2.43. The second-order valence-electron chi connectivity index (χ2n) is 7.65. The highest BCUT2D eigenvalue weighted by atomic mass is 32.1. The van der Waals surface area contributed by atoms with Crippen molar-refractivity contribution in [2.75, 3.05) is 50.9 Å². The summed E-state index contributed by atoms with van der Waals surface area (Å²) in [6, 6.07) is 10.3. The molecule has 1 fully saturated rings. The molecule has 1 aliphatic rings. The van der Waals surface area contributed by atoms with Crippen molar-refractivity contribution in [3.05, 3.63) is 57.6 Å². The predicted octanol–water partition coefficient (Wildman–Crippen LogP) is 3.89. The van der Waals surface area contributed by atoms with Crippen molar-refractivity contribution < 1.29 is 19.2 Å². The van der Waals surface area contributed by atoms with Crippen molar-refractivity contribution in [2.24, 2.45) is 0 Å². The number of benzene rings is 2. The minimum absolute atomic E-state index is 0.0723. The molecule has 3 aromatic rings. The van der Waals surface area contributed by atoms with Crippen molar-refractivity contribution in [3.63, 3.8) is 0 Å². The molecule has 0 atom stereocenters. The van der Waals surface area contributed by atoms with E-state index in [1.54, 1.807) is 24.0 Å². The van der Waals surface area contributed by atoms with Crippen molar-refractivity contribution >= 4 is 38.3 Å². The molecule has 0 unspecified atom stereocenters. The van der Waals surface area contributed by atoms with E-state index < -0.39 is 4.92 Å². The van der Waals surface area contributed by atoms with Gasteiger partial charge in [0.15, 0.2) is 5.13 Å². The Morgan fingerprint density at radius 2 is 2.03 bits per heavy atom. The SMILES string of the molecule is CCOc1cccc2sc(N(CCN3CCOCC3)C(=O)c3cccc([N+](=O)[O-])c3C)nc12. The van der Waals surface area contributed by atoms with Gasteiger partial charge in [0.1, 0.15) is 11.3 Å². The first-order valence-corrected chi connectivity index (χ1v) is 11.7. The van der Waals surface area contributed by atoms with Gasteiger partial charge in [0.25, 0.3) is 11.6 Å². The third-order valence-corrected chi connectivity index (χ3v) is 6.67. The molecule has 0 bridgehead atoms. The van der Waals surface area contributed by atoms with Gasteiger partial charge in [-0.2, -0.15) is 0 Å². The standard InChI is InChI=1S/C23H26N4O5S/c1-3-32-19-8-5-9-20-21(19)24-23(33-20)26(11-10-25-12-14-31-15-13-25)22(28)17-6-4-7-18(16(17)2)27(29)30/h4-9H,3,10-15H2,1-2H3. The molecular weight excluding hydrogens is 444 g/mol. The highest BCUT2D eigenvalue weighted by molar-refractivity contribution is 7.22. The molecule has 0 radical (unpaired) electrons.